The molecule has 6 nitrogen and oxygen atoms in total. The Labute approximate surface area is 121 Å². The maximum atomic E-state index is 11.8. The van der Waals surface area contributed by atoms with Gasteiger partial charge in [-0.25, -0.2) is 12.7 Å². The monoisotopic (exact) mass is 313 g/mol. The van der Waals surface area contributed by atoms with Crippen LogP contribution in [0, 0.1) is 0 Å². The van der Waals surface area contributed by atoms with Gasteiger partial charge in [0.25, 0.3) is 0 Å². The van der Waals surface area contributed by atoms with Crippen LogP contribution >= 0.6 is 12.4 Å². The van der Waals surface area contributed by atoms with E-state index >= 15 is 0 Å². The Morgan fingerprint density at radius 2 is 1.95 bits per heavy atom. The molecular formula is C11H24ClN3O3S. The first-order valence-corrected chi connectivity index (χ1v) is 8.01. The summed E-state index contributed by atoms with van der Waals surface area (Å²) < 4.78 is 25.2. The zero-order valence-electron chi connectivity index (χ0n) is 11.5. The van der Waals surface area contributed by atoms with Crippen LogP contribution in [0.25, 0.3) is 0 Å². The molecule has 0 aliphatic carbocycles. The second-order valence-electron chi connectivity index (χ2n) is 4.79. The first kappa shape index (κ1) is 18.6. The summed E-state index contributed by atoms with van der Waals surface area (Å²) in [6, 6.07) is -0.483. The summed E-state index contributed by atoms with van der Waals surface area (Å²) in [5.41, 5.74) is 5.47. The van der Waals surface area contributed by atoms with Gasteiger partial charge < -0.3 is 11.1 Å². The van der Waals surface area contributed by atoms with Crippen molar-refractivity contribution in [2.75, 3.05) is 18.8 Å². The minimum Gasteiger partial charge on any atom is -0.352 e. The summed E-state index contributed by atoms with van der Waals surface area (Å²) in [5, 5.41) is 2.84. The average molecular weight is 314 g/mol. The number of nitrogens with two attached hydrogens (primary N) is 1. The lowest BCUT2D eigenvalue weighted by atomic mass is 10.1. The third-order valence-electron chi connectivity index (χ3n) is 3.07. The number of rotatable bonds is 5. The van der Waals surface area contributed by atoms with Crippen molar-refractivity contribution in [1.82, 2.24) is 9.62 Å². The predicted octanol–water partition coefficient (Wildman–Crippen LogP) is 0.0758. The fourth-order valence-electron chi connectivity index (χ4n) is 2.00. The van der Waals surface area contributed by atoms with Gasteiger partial charge in [-0.05, 0) is 26.2 Å². The highest BCUT2D eigenvalue weighted by Crippen LogP contribution is 2.15. The van der Waals surface area contributed by atoms with Gasteiger partial charge in [0.2, 0.25) is 15.9 Å². The number of nitrogens with one attached hydrogen (secondary N) is 1. The van der Waals surface area contributed by atoms with E-state index in [1.165, 1.54) is 4.31 Å². The van der Waals surface area contributed by atoms with E-state index in [-0.39, 0.29) is 30.1 Å². The van der Waals surface area contributed by atoms with Gasteiger partial charge in [0, 0.05) is 19.1 Å². The van der Waals surface area contributed by atoms with E-state index in [1.54, 1.807) is 6.92 Å². The Kier molecular flexibility index (Phi) is 7.88. The van der Waals surface area contributed by atoms with Crippen molar-refractivity contribution in [2.24, 2.45) is 5.73 Å². The molecule has 8 heteroatoms. The lowest BCUT2D eigenvalue weighted by Gasteiger charge is -2.31. The Bertz CT molecular complexity index is 379. The van der Waals surface area contributed by atoms with E-state index in [0.717, 1.165) is 0 Å². The molecule has 1 heterocycles. The minimum atomic E-state index is -3.11. The second kappa shape index (κ2) is 8.04. The number of halogens is 1. The summed E-state index contributed by atoms with van der Waals surface area (Å²) >= 11 is 0. The van der Waals surface area contributed by atoms with Crippen LogP contribution in [0.2, 0.25) is 0 Å². The smallest absolute Gasteiger partial charge is 0.236 e. The molecule has 19 heavy (non-hydrogen) atoms. The lowest BCUT2D eigenvalue weighted by molar-refractivity contribution is -0.122. The van der Waals surface area contributed by atoms with Crippen LogP contribution in [0.4, 0.5) is 0 Å². The van der Waals surface area contributed by atoms with Crippen LogP contribution in [-0.4, -0.2) is 49.6 Å². The molecule has 1 amide bonds. The SMILES string of the molecule is CCCS(=O)(=O)N1CCC(NC(=O)[C@@H](C)N)CC1.Cl. The summed E-state index contributed by atoms with van der Waals surface area (Å²) in [7, 11) is -3.11. The van der Waals surface area contributed by atoms with E-state index in [9.17, 15) is 13.2 Å². The van der Waals surface area contributed by atoms with E-state index in [1.807, 2.05) is 6.92 Å². The van der Waals surface area contributed by atoms with Gasteiger partial charge in [0.05, 0.1) is 11.8 Å². The van der Waals surface area contributed by atoms with E-state index in [2.05, 4.69) is 5.32 Å². The first-order chi connectivity index (χ1) is 8.36. The molecule has 0 saturated carbocycles. The third-order valence-corrected chi connectivity index (χ3v) is 5.15. The van der Waals surface area contributed by atoms with Gasteiger partial charge in [-0.1, -0.05) is 6.92 Å². The van der Waals surface area contributed by atoms with Crippen molar-refractivity contribution in [1.29, 1.82) is 0 Å². The molecule has 0 aromatic heterocycles. The maximum absolute atomic E-state index is 11.8. The van der Waals surface area contributed by atoms with Crippen molar-refractivity contribution in [2.45, 2.75) is 45.2 Å². The number of hydrogen-bond donors (Lipinski definition) is 2. The topological polar surface area (TPSA) is 92.5 Å². The third kappa shape index (κ3) is 5.64. The molecular weight excluding hydrogens is 290 g/mol. The molecule has 0 radical (unpaired) electrons. The fraction of sp³-hybridized carbons (Fsp3) is 0.909. The van der Waals surface area contributed by atoms with Crippen molar-refractivity contribution in [3.8, 4) is 0 Å². The molecule has 0 spiro atoms. The number of amides is 1. The van der Waals surface area contributed by atoms with Crippen LogP contribution in [-0.2, 0) is 14.8 Å². The molecule has 0 unspecified atom stereocenters. The summed E-state index contributed by atoms with van der Waals surface area (Å²) in [6.07, 6.45) is 1.94. The predicted molar refractivity (Wildman–Crippen MR) is 77.7 cm³/mol. The van der Waals surface area contributed by atoms with Crippen LogP contribution in [0.5, 0.6) is 0 Å². The fourth-order valence-corrected chi connectivity index (χ4v) is 3.54. The molecule has 3 N–H and O–H groups in total. The summed E-state index contributed by atoms with van der Waals surface area (Å²) in [4.78, 5) is 11.4. The molecule has 0 aromatic rings. The number of carbonyl (C=O) groups is 1. The van der Waals surface area contributed by atoms with Crippen molar-refractivity contribution in [3.05, 3.63) is 0 Å². The van der Waals surface area contributed by atoms with Gasteiger partial charge in [0.1, 0.15) is 0 Å². The number of sulfonamides is 1. The Morgan fingerprint density at radius 1 is 1.42 bits per heavy atom. The highest BCUT2D eigenvalue weighted by atomic mass is 35.5. The van der Waals surface area contributed by atoms with Crippen molar-refractivity contribution >= 4 is 28.3 Å². The number of carbonyl (C=O) groups excluding carboxylic acids is 1. The van der Waals surface area contributed by atoms with Gasteiger partial charge in [0.15, 0.2) is 0 Å². The molecule has 1 saturated heterocycles. The molecule has 114 valence electrons. The quantitative estimate of drug-likeness (QED) is 0.751. The Balaban J connectivity index is 0.00000324. The van der Waals surface area contributed by atoms with Crippen LogP contribution < -0.4 is 11.1 Å². The molecule has 1 aliphatic rings. The number of hydrogen-bond acceptors (Lipinski definition) is 4. The van der Waals surface area contributed by atoms with Gasteiger partial charge in [-0.15, -0.1) is 12.4 Å². The minimum absolute atomic E-state index is 0. The zero-order valence-corrected chi connectivity index (χ0v) is 13.1. The van der Waals surface area contributed by atoms with E-state index < -0.39 is 16.1 Å². The van der Waals surface area contributed by atoms with Gasteiger partial charge in [-0.2, -0.15) is 0 Å². The van der Waals surface area contributed by atoms with Gasteiger partial charge >= 0.3 is 0 Å². The molecule has 1 aliphatic heterocycles. The largest absolute Gasteiger partial charge is 0.352 e. The average Bonchev–Trinajstić information content (AvgIpc) is 2.29. The Hall–Kier alpha value is -0.370. The van der Waals surface area contributed by atoms with E-state index in [4.69, 9.17) is 5.73 Å². The van der Waals surface area contributed by atoms with Crippen molar-refractivity contribution in [3.63, 3.8) is 0 Å². The summed E-state index contributed by atoms with van der Waals surface area (Å²) in [5.74, 6) is 0.0222. The second-order valence-corrected chi connectivity index (χ2v) is 6.88. The lowest BCUT2D eigenvalue weighted by Crippen LogP contribution is -2.50. The summed E-state index contributed by atoms with van der Waals surface area (Å²) in [6.45, 7) is 4.45. The van der Waals surface area contributed by atoms with E-state index in [0.29, 0.717) is 32.4 Å². The van der Waals surface area contributed by atoms with Crippen molar-refractivity contribution < 1.29 is 13.2 Å². The maximum Gasteiger partial charge on any atom is 0.236 e. The Morgan fingerprint density at radius 3 is 2.37 bits per heavy atom. The van der Waals surface area contributed by atoms with Gasteiger partial charge in [-0.3, -0.25) is 4.79 Å². The standard InChI is InChI=1S/C11H23N3O3S.ClH/c1-3-8-18(16,17)14-6-4-10(5-7-14)13-11(15)9(2)12;/h9-10H,3-8,12H2,1-2H3,(H,13,15);1H/t9-;/m1./s1. The number of piperidine rings is 1. The molecule has 1 fully saturated rings. The molecule has 0 aromatic carbocycles. The highest BCUT2D eigenvalue weighted by Gasteiger charge is 2.28. The molecule has 1 atom stereocenters. The van der Waals surface area contributed by atoms with Crippen LogP contribution in [0.1, 0.15) is 33.1 Å². The van der Waals surface area contributed by atoms with Crippen LogP contribution in [0.3, 0.4) is 0 Å². The van der Waals surface area contributed by atoms with Crippen LogP contribution in [0.15, 0.2) is 0 Å². The first-order valence-electron chi connectivity index (χ1n) is 6.40. The number of nitrogens with zero attached hydrogens (tertiary/aromatic N) is 1. The normalized spacial score (nSPS) is 19.5. The highest BCUT2D eigenvalue weighted by molar-refractivity contribution is 7.89. The zero-order chi connectivity index (χ0) is 13.8. The molecule has 0 bridgehead atoms. The molecule has 1 rings (SSSR count).